The predicted octanol–water partition coefficient (Wildman–Crippen LogP) is 9.21. The van der Waals surface area contributed by atoms with Gasteiger partial charge >= 0.3 is 18.0 Å². The lowest BCUT2D eigenvalue weighted by Crippen LogP contribution is -2.30. The van der Waals surface area contributed by atoms with Crippen LogP contribution in [0.25, 0.3) is 0 Å². The van der Waals surface area contributed by atoms with Crippen molar-refractivity contribution in [1.29, 1.82) is 0 Å². The van der Waals surface area contributed by atoms with Gasteiger partial charge in [-0.25, -0.2) is 0 Å². The number of halogens is 9. The van der Waals surface area contributed by atoms with E-state index in [0.717, 1.165) is 24.3 Å². The maximum atomic E-state index is 13.4. The largest absolute Gasteiger partial charge is 0.573 e. The smallest absolute Gasteiger partial charge is 0.489 e. The van der Waals surface area contributed by atoms with Crippen molar-refractivity contribution in [1.82, 2.24) is 5.32 Å². The van der Waals surface area contributed by atoms with E-state index in [0.29, 0.717) is 16.7 Å². The molecule has 0 aliphatic carbocycles. The van der Waals surface area contributed by atoms with Crippen LogP contribution in [-0.2, 0) is 12.8 Å². The number of alkyl halides is 9. The zero-order valence-electron chi connectivity index (χ0n) is 22.9. The Morgan fingerprint density at radius 3 is 1.93 bits per heavy atom. The van der Waals surface area contributed by atoms with Crippen molar-refractivity contribution in [3.8, 4) is 11.5 Å². The second-order valence-corrected chi connectivity index (χ2v) is 10.8. The van der Waals surface area contributed by atoms with Crippen molar-refractivity contribution >= 4 is 11.8 Å². The highest BCUT2D eigenvalue weighted by Crippen LogP contribution is 2.39. The highest BCUT2D eigenvalue weighted by molar-refractivity contribution is 8.00. The van der Waals surface area contributed by atoms with Crippen LogP contribution in [0.15, 0.2) is 102 Å². The number of ether oxygens (including phenoxy) is 2. The Bertz CT molecular complexity index is 1560. The molecule has 0 fully saturated rings. The lowest BCUT2D eigenvalue weighted by Gasteiger charge is -2.27. The third kappa shape index (κ3) is 10.3. The fraction of sp³-hybridized carbons (Fsp3) is 0.226. The first-order chi connectivity index (χ1) is 21.1. The Kier molecular flexibility index (Phi) is 10.6. The van der Waals surface area contributed by atoms with Crippen LogP contribution >= 0.6 is 11.8 Å². The molecule has 0 aliphatic heterocycles. The summed E-state index contributed by atoms with van der Waals surface area (Å²) in [6.45, 7) is -0.700. The molecule has 4 nitrogen and oxygen atoms in total. The summed E-state index contributed by atoms with van der Waals surface area (Å²) in [5.74, 6) is -0.123. The minimum absolute atomic E-state index is 0.0605. The number of benzene rings is 4. The third-order valence-corrected chi connectivity index (χ3v) is 7.07. The molecule has 4 aromatic carbocycles. The van der Waals surface area contributed by atoms with Crippen molar-refractivity contribution in [2.24, 2.45) is 0 Å². The Morgan fingerprint density at radius 2 is 1.31 bits per heavy atom. The zero-order valence-corrected chi connectivity index (χ0v) is 23.7. The maximum Gasteiger partial charge on any atom is 0.573 e. The van der Waals surface area contributed by atoms with Crippen molar-refractivity contribution in [3.05, 3.63) is 125 Å². The first kappa shape index (κ1) is 34.0. The molecule has 0 amide bonds. The van der Waals surface area contributed by atoms with Gasteiger partial charge in [0.25, 0.3) is 0 Å². The quantitative estimate of drug-likeness (QED) is 0.124. The summed E-state index contributed by atoms with van der Waals surface area (Å²) in [5.41, 5.74) is -4.13. The van der Waals surface area contributed by atoms with Gasteiger partial charge in [0.05, 0.1) is 24.3 Å². The van der Waals surface area contributed by atoms with Gasteiger partial charge in [-0.1, -0.05) is 48.5 Å². The van der Waals surface area contributed by atoms with E-state index in [4.69, 9.17) is 4.74 Å². The van der Waals surface area contributed by atoms with Crippen LogP contribution in [0, 0.1) is 0 Å². The van der Waals surface area contributed by atoms with Crippen molar-refractivity contribution in [3.63, 3.8) is 0 Å². The summed E-state index contributed by atoms with van der Waals surface area (Å²) < 4.78 is 127. The topological polar surface area (TPSA) is 50.7 Å². The maximum absolute atomic E-state index is 13.4. The molecule has 14 heteroatoms. The van der Waals surface area contributed by atoms with Crippen LogP contribution in [0.5, 0.6) is 11.5 Å². The first-order valence-electron chi connectivity index (χ1n) is 13.1. The number of nitrogens with one attached hydrogen (secondary N) is 1. The number of rotatable bonds is 11. The van der Waals surface area contributed by atoms with Gasteiger partial charge in [0.15, 0.2) is 0 Å². The Morgan fingerprint density at radius 1 is 0.689 bits per heavy atom. The molecule has 4 aromatic rings. The molecular formula is C31H24F9NO3S. The predicted molar refractivity (Wildman–Crippen MR) is 149 cm³/mol. The minimum Gasteiger partial charge on any atom is -0.489 e. The minimum atomic E-state index is -4.84. The average molecular weight is 662 g/mol. The molecule has 45 heavy (non-hydrogen) atoms. The number of hydrogen-bond acceptors (Lipinski definition) is 5. The number of aliphatic hydroxyl groups is 1. The molecule has 0 saturated carbocycles. The molecule has 0 aromatic heterocycles. The standard InChI is InChI=1S/C31H24F9NO3S/c32-29(33,34)23-7-1-4-20(14-23)27(17-42)41-28(22-6-3-9-26(16-22)45-31(38,39)40)21-5-2-8-25(15-21)43-18-19-10-12-24(13-11-19)44-30(35,36)37/h1-16,27-28,41-42H,17-18H2. The van der Waals surface area contributed by atoms with Crippen molar-refractivity contribution < 1.29 is 54.1 Å². The monoisotopic (exact) mass is 661 g/mol. The first-order valence-corrected chi connectivity index (χ1v) is 13.9. The van der Waals surface area contributed by atoms with Gasteiger partial charge in [0, 0.05) is 4.90 Å². The number of aliphatic hydroxyl groups excluding tert-OH is 1. The summed E-state index contributed by atoms with van der Waals surface area (Å²) in [7, 11) is 0. The van der Waals surface area contributed by atoms with E-state index in [2.05, 4.69) is 10.1 Å². The van der Waals surface area contributed by atoms with E-state index >= 15 is 0 Å². The normalized spacial score (nSPS) is 13.7. The van der Waals surface area contributed by atoms with Crippen LogP contribution in [0.4, 0.5) is 39.5 Å². The lowest BCUT2D eigenvalue weighted by molar-refractivity contribution is -0.274. The van der Waals surface area contributed by atoms with Crippen molar-refractivity contribution in [2.45, 2.75) is 41.6 Å². The van der Waals surface area contributed by atoms with E-state index in [1.54, 1.807) is 24.3 Å². The Balaban J connectivity index is 1.63. The Hall–Kier alpha value is -3.88. The van der Waals surface area contributed by atoms with Crippen LogP contribution in [0.2, 0.25) is 0 Å². The SMILES string of the molecule is OCC(NC(c1cccc(OCc2ccc(OC(F)(F)F)cc2)c1)c1cccc(SC(F)(F)F)c1)c1cccc(C(F)(F)F)c1. The van der Waals surface area contributed by atoms with Gasteiger partial charge in [-0.3, -0.25) is 5.32 Å². The van der Waals surface area contributed by atoms with Crippen molar-refractivity contribution in [2.75, 3.05) is 6.61 Å². The second kappa shape index (κ2) is 14.0. The van der Waals surface area contributed by atoms with E-state index in [9.17, 15) is 44.6 Å². The molecule has 0 heterocycles. The summed E-state index contributed by atoms with van der Waals surface area (Å²) >= 11 is -0.332. The zero-order chi connectivity index (χ0) is 32.8. The number of thioether (sulfide) groups is 1. The van der Waals surface area contributed by atoms with Gasteiger partial charge in [0.1, 0.15) is 18.1 Å². The van der Waals surface area contributed by atoms with Crippen LogP contribution in [-0.4, -0.2) is 23.6 Å². The van der Waals surface area contributed by atoms with Crippen LogP contribution in [0.1, 0.15) is 39.9 Å². The Labute approximate surface area is 255 Å². The fourth-order valence-corrected chi connectivity index (χ4v) is 5.01. The summed E-state index contributed by atoms with van der Waals surface area (Å²) in [4.78, 5) is -0.128. The molecule has 0 saturated heterocycles. The molecule has 2 N–H and O–H groups in total. The molecule has 2 atom stereocenters. The van der Waals surface area contributed by atoms with Gasteiger partial charge in [-0.2, -0.15) is 26.3 Å². The highest BCUT2D eigenvalue weighted by Gasteiger charge is 2.33. The molecule has 0 spiro atoms. The third-order valence-electron chi connectivity index (χ3n) is 6.35. The molecule has 0 aliphatic rings. The average Bonchev–Trinajstić information content (AvgIpc) is 2.96. The van der Waals surface area contributed by atoms with E-state index in [-0.39, 0.29) is 34.6 Å². The molecule has 0 radical (unpaired) electrons. The van der Waals surface area contributed by atoms with Gasteiger partial charge in [-0.15, -0.1) is 13.2 Å². The molecule has 4 rings (SSSR count). The second-order valence-electron chi connectivity index (χ2n) is 9.63. The summed E-state index contributed by atoms with van der Waals surface area (Å²) in [6.07, 6.45) is -9.49. The summed E-state index contributed by atoms with van der Waals surface area (Å²) in [6, 6.07) is 19.2. The molecule has 2 unspecified atom stereocenters. The van der Waals surface area contributed by atoms with E-state index in [1.165, 1.54) is 48.5 Å². The molecule has 0 bridgehead atoms. The summed E-state index contributed by atoms with van der Waals surface area (Å²) in [5, 5.41) is 13.3. The molecule has 240 valence electrons. The molecular weight excluding hydrogens is 637 g/mol. The fourth-order valence-electron chi connectivity index (χ4n) is 4.40. The van der Waals surface area contributed by atoms with Crippen LogP contribution in [0.3, 0.4) is 0 Å². The van der Waals surface area contributed by atoms with Gasteiger partial charge < -0.3 is 14.6 Å². The van der Waals surface area contributed by atoms with Gasteiger partial charge in [0.2, 0.25) is 0 Å². The highest BCUT2D eigenvalue weighted by atomic mass is 32.2. The lowest BCUT2D eigenvalue weighted by atomic mass is 9.95. The number of hydrogen-bond donors (Lipinski definition) is 2. The van der Waals surface area contributed by atoms with Gasteiger partial charge in [-0.05, 0) is 82.5 Å². The van der Waals surface area contributed by atoms with E-state index < -0.39 is 48.1 Å². The van der Waals surface area contributed by atoms with E-state index in [1.807, 2.05) is 0 Å². The van der Waals surface area contributed by atoms with Crippen LogP contribution < -0.4 is 14.8 Å².